The van der Waals surface area contributed by atoms with Crippen molar-refractivity contribution in [2.24, 2.45) is 11.8 Å². The number of rotatable bonds is 3. The Balaban J connectivity index is 1.73. The average molecular weight is 198 g/mol. The smallest absolute Gasteiger partial charge is 0.0903 e. The van der Waals surface area contributed by atoms with Crippen LogP contribution >= 0.6 is 0 Å². The molecule has 2 saturated heterocycles. The van der Waals surface area contributed by atoms with Crippen LogP contribution in [-0.4, -0.2) is 50.3 Å². The van der Waals surface area contributed by atoms with Gasteiger partial charge >= 0.3 is 0 Å². The van der Waals surface area contributed by atoms with Crippen molar-refractivity contribution in [1.29, 1.82) is 0 Å². The highest BCUT2D eigenvalue weighted by Gasteiger charge is 2.40. The predicted octanol–water partition coefficient (Wildman–Crippen LogP) is 0.563. The molecule has 1 N–H and O–H groups in total. The highest BCUT2D eigenvalue weighted by atomic mass is 16.5. The molecule has 2 rings (SSSR count). The molecule has 2 aliphatic heterocycles. The van der Waals surface area contributed by atoms with Gasteiger partial charge in [0.2, 0.25) is 0 Å². The molecule has 2 fully saturated rings. The normalized spacial score (nSPS) is 37.1. The Bertz CT molecular complexity index is 201. The van der Waals surface area contributed by atoms with Crippen molar-refractivity contribution in [3.63, 3.8) is 0 Å². The minimum Gasteiger partial charge on any atom is -0.376 e. The fraction of sp³-hybridized carbons (Fsp3) is 1.00. The first-order valence-corrected chi connectivity index (χ1v) is 5.61. The lowest BCUT2D eigenvalue weighted by Crippen LogP contribution is -2.62. The van der Waals surface area contributed by atoms with Gasteiger partial charge in [-0.3, -0.25) is 4.90 Å². The summed E-state index contributed by atoms with van der Waals surface area (Å²) >= 11 is 0. The van der Waals surface area contributed by atoms with Gasteiger partial charge in [0, 0.05) is 26.7 Å². The second kappa shape index (κ2) is 3.80. The molecule has 3 nitrogen and oxygen atoms in total. The topological polar surface area (TPSA) is 24.5 Å². The molecule has 0 aromatic heterocycles. The van der Waals surface area contributed by atoms with E-state index in [-0.39, 0.29) is 5.60 Å². The number of hydrogen-bond donors (Lipinski definition) is 1. The van der Waals surface area contributed by atoms with Gasteiger partial charge in [0.15, 0.2) is 0 Å². The molecular weight excluding hydrogens is 176 g/mol. The van der Waals surface area contributed by atoms with E-state index >= 15 is 0 Å². The van der Waals surface area contributed by atoms with Gasteiger partial charge in [-0.1, -0.05) is 6.92 Å². The van der Waals surface area contributed by atoms with Crippen molar-refractivity contribution in [1.82, 2.24) is 10.2 Å². The number of nitrogens with zero attached hydrogens (tertiary/aromatic N) is 1. The van der Waals surface area contributed by atoms with Crippen LogP contribution in [0.2, 0.25) is 0 Å². The zero-order valence-corrected chi connectivity index (χ0v) is 9.55. The third-order valence-corrected chi connectivity index (χ3v) is 3.78. The Hall–Kier alpha value is -0.120. The zero-order chi connectivity index (χ0) is 10.2. The lowest BCUT2D eigenvalue weighted by Gasteiger charge is -2.48. The maximum atomic E-state index is 5.44. The van der Waals surface area contributed by atoms with Crippen molar-refractivity contribution in [2.45, 2.75) is 19.4 Å². The summed E-state index contributed by atoms with van der Waals surface area (Å²) in [6.07, 6.45) is 0. The van der Waals surface area contributed by atoms with Crippen LogP contribution in [0.15, 0.2) is 0 Å². The molecule has 82 valence electrons. The maximum Gasteiger partial charge on any atom is 0.0903 e. The zero-order valence-electron chi connectivity index (χ0n) is 9.55. The number of methoxy groups -OCH3 is 1. The van der Waals surface area contributed by atoms with E-state index in [2.05, 4.69) is 24.1 Å². The summed E-state index contributed by atoms with van der Waals surface area (Å²) < 4.78 is 5.44. The lowest BCUT2D eigenvalue weighted by atomic mass is 9.91. The van der Waals surface area contributed by atoms with Crippen molar-refractivity contribution >= 4 is 0 Å². The fourth-order valence-corrected chi connectivity index (χ4v) is 2.60. The quantitative estimate of drug-likeness (QED) is 0.717. The minimum atomic E-state index is 0.134. The number of likely N-dealkylation sites (tertiary alicyclic amines) is 1. The van der Waals surface area contributed by atoms with E-state index < -0.39 is 0 Å². The van der Waals surface area contributed by atoms with E-state index in [0.717, 1.165) is 24.9 Å². The van der Waals surface area contributed by atoms with Crippen molar-refractivity contribution < 1.29 is 4.74 Å². The monoisotopic (exact) mass is 198 g/mol. The van der Waals surface area contributed by atoms with E-state index in [1.165, 1.54) is 19.6 Å². The van der Waals surface area contributed by atoms with Gasteiger partial charge in [-0.15, -0.1) is 0 Å². The molecule has 0 aliphatic carbocycles. The molecule has 3 heteroatoms. The molecule has 2 unspecified atom stereocenters. The molecule has 14 heavy (non-hydrogen) atoms. The first-order valence-electron chi connectivity index (χ1n) is 5.61. The largest absolute Gasteiger partial charge is 0.376 e. The Morgan fingerprint density at radius 2 is 2.14 bits per heavy atom. The number of hydrogen-bond acceptors (Lipinski definition) is 3. The number of ether oxygens (including phenoxy) is 1. The van der Waals surface area contributed by atoms with Crippen LogP contribution in [0.25, 0.3) is 0 Å². The maximum absolute atomic E-state index is 5.44. The number of nitrogens with one attached hydrogen (secondary N) is 1. The Morgan fingerprint density at radius 1 is 1.43 bits per heavy atom. The van der Waals surface area contributed by atoms with E-state index in [9.17, 15) is 0 Å². The van der Waals surface area contributed by atoms with Gasteiger partial charge in [0.25, 0.3) is 0 Å². The van der Waals surface area contributed by atoms with Crippen LogP contribution in [0.3, 0.4) is 0 Å². The van der Waals surface area contributed by atoms with Crippen molar-refractivity contribution in [2.75, 3.05) is 39.8 Å². The average Bonchev–Trinajstić information content (AvgIpc) is 2.49. The highest BCUT2D eigenvalue weighted by Crippen LogP contribution is 2.27. The summed E-state index contributed by atoms with van der Waals surface area (Å²) in [6.45, 7) is 10.4. The Labute approximate surface area is 86.8 Å². The van der Waals surface area contributed by atoms with E-state index in [1.54, 1.807) is 0 Å². The predicted molar refractivity (Wildman–Crippen MR) is 57.4 cm³/mol. The summed E-state index contributed by atoms with van der Waals surface area (Å²) in [4.78, 5) is 2.51. The summed E-state index contributed by atoms with van der Waals surface area (Å²) in [5.41, 5.74) is 0.134. The van der Waals surface area contributed by atoms with Gasteiger partial charge in [-0.2, -0.15) is 0 Å². The van der Waals surface area contributed by atoms with Gasteiger partial charge in [0.1, 0.15) is 0 Å². The van der Waals surface area contributed by atoms with Crippen LogP contribution in [-0.2, 0) is 4.74 Å². The molecule has 0 aromatic rings. The molecular formula is C11H22N2O. The standard InChI is InChI=1S/C11H22N2O/c1-9-4-12-5-10(9)6-13-7-11(2,8-13)14-3/h9-10,12H,4-8H2,1-3H3. The summed E-state index contributed by atoms with van der Waals surface area (Å²) in [5.74, 6) is 1.68. The van der Waals surface area contributed by atoms with Gasteiger partial charge in [-0.25, -0.2) is 0 Å². The van der Waals surface area contributed by atoms with Gasteiger partial charge < -0.3 is 10.1 Å². The Morgan fingerprint density at radius 3 is 2.64 bits per heavy atom. The Kier molecular flexibility index (Phi) is 2.82. The first kappa shape index (κ1) is 10.4. The van der Waals surface area contributed by atoms with E-state index in [4.69, 9.17) is 4.74 Å². The summed E-state index contributed by atoms with van der Waals surface area (Å²) in [5, 5.41) is 3.45. The van der Waals surface area contributed by atoms with Crippen molar-refractivity contribution in [3.8, 4) is 0 Å². The molecule has 2 atom stereocenters. The second-order valence-electron chi connectivity index (χ2n) is 5.22. The summed E-state index contributed by atoms with van der Waals surface area (Å²) in [6, 6.07) is 0. The third kappa shape index (κ3) is 1.95. The van der Waals surface area contributed by atoms with E-state index in [0.29, 0.717) is 0 Å². The molecule has 0 aromatic carbocycles. The van der Waals surface area contributed by atoms with Crippen LogP contribution in [0.5, 0.6) is 0 Å². The molecule has 0 amide bonds. The third-order valence-electron chi connectivity index (χ3n) is 3.78. The molecule has 0 saturated carbocycles. The molecule has 0 bridgehead atoms. The van der Waals surface area contributed by atoms with Gasteiger partial charge in [0.05, 0.1) is 5.60 Å². The minimum absolute atomic E-state index is 0.134. The van der Waals surface area contributed by atoms with Crippen LogP contribution in [0, 0.1) is 11.8 Å². The van der Waals surface area contributed by atoms with Crippen molar-refractivity contribution in [3.05, 3.63) is 0 Å². The molecule has 0 radical (unpaired) electrons. The SMILES string of the molecule is COC1(C)CN(CC2CNCC2C)C1. The molecule has 2 heterocycles. The molecule has 0 spiro atoms. The second-order valence-corrected chi connectivity index (χ2v) is 5.22. The van der Waals surface area contributed by atoms with Crippen LogP contribution in [0.1, 0.15) is 13.8 Å². The van der Waals surface area contributed by atoms with Crippen LogP contribution < -0.4 is 5.32 Å². The fourth-order valence-electron chi connectivity index (χ4n) is 2.60. The highest BCUT2D eigenvalue weighted by molar-refractivity contribution is 4.95. The molecule has 2 aliphatic rings. The first-order chi connectivity index (χ1) is 6.63. The van der Waals surface area contributed by atoms with E-state index in [1.807, 2.05) is 7.11 Å². The van der Waals surface area contributed by atoms with Crippen LogP contribution in [0.4, 0.5) is 0 Å². The lowest BCUT2D eigenvalue weighted by molar-refractivity contribution is -0.115. The van der Waals surface area contributed by atoms with Gasteiger partial charge in [-0.05, 0) is 31.8 Å². The summed E-state index contributed by atoms with van der Waals surface area (Å²) in [7, 11) is 1.82.